The largest absolute Gasteiger partial charge is 0.493 e. The summed E-state index contributed by atoms with van der Waals surface area (Å²) in [5.41, 5.74) is 1.78. The number of ether oxygens (including phenoxy) is 3. The predicted octanol–water partition coefficient (Wildman–Crippen LogP) is 2.78. The van der Waals surface area contributed by atoms with E-state index in [9.17, 15) is 9.59 Å². The molecule has 0 radical (unpaired) electrons. The normalized spacial score (nSPS) is 16.0. The van der Waals surface area contributed by atoms with Crippen LogP contribution in [0.5, 0.6) is 11.5 Å². The molecule has 0 saturated heterocycles. The zero-order valence-electron chi connectivity index (χ0n) is 15.4. The Morgan fingerprint density at radius 3 is 2.36 bits per heavy atom. The van der Waals surface area contributed by atoms with Crippen molar-refractivity contribution in [1.29, 1.82) is 0 Å². The van der Waals surface area contributed by atoms with E-state index in [2.05, 4.69) is 0 Å². The van der Waals surface area contributed by atoms with Crippen LogP contribution < -0.4 is 9.47 Å². The number of allylic oxidation sites excluding steroid dienone is 1. The van der Waals surface area contributed by atoms with Gasteiger partial charge in [0.1, 0.15) is 0 Å². The second kappa shape index (κ2) is 7.42. The van der Waals surface area contributed by atoms with Crippen molar-refractivity contribution >= 4 is 18.0 Å². The Labute approximate surface area is 147 Å². The molecule has 6 heteroatoms. The van der Waals surface area contributed by atoms with Gasteiger partial charge in [0, 0.05) is 17.3 Å². The van der Waals surface area contributed by atoms with Crippen molar-refractivity contribution in [3.63, 3.8) is 0 Å². The summed E-state index contributed by atoms with van der Waals surface area (Å²) < 4.78 is 15.6. The van der Waals surface area contributed by atoms with Crippen LogP contribution in [0.4, 0.5) is 0 Å². The highest BCUT2D eigenvalue weighted by Crippen LogP contribution is 2.37. The zero-order chi connectivity index (χ0) is 18.7. The molecule has 134 valence electrons. The van der Waals surface area contributed by atoms with E-state index in [4.69, 9.17) is 14.2 Å². The fourth-order valence-electron chi connectivity index (χ4n) is 3.00. The average Bonchev–Trinajstić information content (AvgIpc) is 2.84. The minimum absolute atomic E-state index is 0.0785. The Hall–Kier alpha value is -2.76. The third kappa shape index (κ3) is 3.24. The van der Waals surface area contributed by atoms with Crippen LogP contribution in [0.1, 0.15) is 26.3 Å². The predicted molar refractivity (Wildman–Crippen MR) is 94.2 cm³/mol. The molecule has 0 N–H and O–H groups in total. The summed E-state index contributed by atoms with van der Waals surface area (Å²) in [6.07, 6.45) is 1.64. The fourth-order valence-corrected chi connectivity index (χ4v) is 3.00. The lowest BCUT2D eigenvalue weighted by Crippen LogP contribution is -2.31. The summed E-state index contributed by atoms with van der Waals surface area (Å²) >= 11 is 0. The first-order chi connectivity index (χ1) is 11.9. The van der Waals surface area contributed by atoms with Gasteiger partial charge in [-0.15, -0.1) is 0 Å². The zero-order valence-corrected chi connectivity index (χ0v) is 15.4. The number of para-hydroxylation sites is 1. The van der Waals surface area contributed by atoms with Gasteiger partial charge < -0.3 is 19.1 Å². The number of methoxy groups -OCH3 is 3. The lowest BCUT2D eigenvalue weighted by Gasteiger charge is -2.22. The van der Waals surface area contributed by atoms with Crippen LogP contribution in [-0.4, -0.2) is 44.1 Å². The molecule has 0 fully saturated rings. The summed E-state index contributed by atoms with van der Waals surface area (Å²) in [4.78, 5) is 26.7. The molecule has 1 aromatic rings. The maximum absolute atomic E-state index is 12.9. The number of carbonyl (C=O) groups excluding carboxylic acids is 2. The van der Waals surface area contributed by atoms with Crippen molar-refractivity contribution in [3.8, 4) is 11.5 Å². The van der Waals surface area contributed by atoms with Crippen molar-refractivity contribution in [3.05, 3.63) is 40.6 Å². The first kappa shape index (κ1) is 18.6. The number of amides is 1. The topological polar surface area (TPSA) is 65.1 Å². The van der Waals surface area contributed by atoms with Crippen molar-refractivity contribution in [2.24, 2.45) is 0 Å². The van der Waals surface area contributed by atoms with Crippen LogP contribution in [-0.2, 0) is 14.3 Å². The monoisotopic (exact) mass is 345 g/mol. The molecule has 1 aliphatic heterocycles. The second-order valence-corrected chi connectivity index (χ2v) is 5.86. The van der Waals surface area contributed by atoms with Gasteiger partial charge in [0.15, 0.2) is 11.5 Å². The summed E-state index contributed by atoms with van der Waals surface area (Å²) in [6.45, 7) is 5.53. The first-order valence-electron chi connectivity index (χ1n) is 7.93. The Morgan fingerprint density at radius 2 is 1.84 bits per heavy atom. The molecule has 25 heavy (non-hydrogen) atoms. The minimum atomic E-state index is -0.540. The fraction of sp³-hybridized carbons (Fsp3) is 0.368. The van der Waals surface area contributed by atoms with Gasteiger partial charge >= 0.3 is 5.97 Å². The van der Waals surface area contributed by atoms with Gasteiger partial charge in [0.2, 0.25) is 0 Å². The van der Waals surface area contributed by atoms with Crippen LogP contribution in [0.25, 0.3) is 6.08 Å². The van der Waals surface area contributed by atoms with Crippen molar-refractivity contribution in [2.75, 3.05) is 21.3 Å². The van der Waals surface area contributed by atoms with E-state index in [1.165, 1.54) is 14.2 Å². The third-order valence-corrected chi connectivity index (χ3v) is 4.08. The van der Waals surface area contributed by atoms with Crippen LogP contribution in [0.3, 0.4) is 0 Å². The highest BCUT2D eigenvalue weighted by Gasteiger charge is 2.38. The molecule has 1 amide bonds. The van der Waals surface area contributed by atoms with E-state index in [0.717, 1.165) is 0 Å². The quantitative estimate of drug-likeness (QED) is 0.606. The standard InChI is InChI=1S/C19H23NO5/c1-11(2)20-12(3)16(19(22)25-6)14(18(20)21)10-13-8-7-9-15(23-4)17(13)24-5/h7-11H,1-6H3/b14-10-. The third-order valence-electron chi connectivity index (χ3n) is 4.08. The van der Waals surface area contributed by atoms with Gasteiger partial charge in [0.25, 0.3) is 5.91 Å². The van der Waals surface area contributed by atoms with Crippen molar-refractivity contribution in [2.45, 2.75) is 26.8 Å². The summed E-state index contributed by atoms with van der Waals surface area (Å²) in [7, 11) is 4.37. The number of rotatable bonds is 5. The number of hydrogen-bond donors (Lipinski definition) is 0. The molecule has 0 bridgehead atoms. The van der Waals surface area contributed by atoms with Gasteiger partial charge in [-0.1, -0.05) is 12.1 Å². The van der Waals surface area contributed by atoms with Crippen LogP contribution in [0, 0.1) is 0 Å². The summed E-state index contributed by atoms with van der Waals surface area (Å²) in [5, 5.41) is 0. The molecule has 1 aromatic carbocycles. The Bertz CT molecular complexity index is 761. The molecule has 0 saturated carbocycles. The van der Waals surface area contributed by atoms with Gasteiger partial charge in [-0.2, -0.15) is 0 Å². The van der Waals surface area contributed by atoms with E-state index in [-0.39, 0.29) is 23.1 Å². The number of carbonyl (C=O) groups is 2. The summed E-state index contributed by atoms with van der Waals surface area (Å²) in [5.74, 6) is 0.262. The van der Waals surface area contributed by atoms with Crippen molar-refractivity contribution < 1.29 is 23.8 Å². The lowest BCUT2D eigenvalue weighted by atomic mass is 10.0. The summed E-state index contributed by atoms with van der Waals surface area (Å²) in [6, 6.07) is 5.27. The molecule has 2 rings (SSSR count). The van der Waals surface area contributed by atoms with Gasteiger partial charge in [-0.25, -0.2) is 4.79 Å². The Balaban J connectivity index is 2.66. The molecule has 0 unspecified atom stereocenters. The van der Waals surface area contributed by atoms with Crippen LogP contribution in [0.2, 0.25) is 0 Å². The highest BCUT2D eigenvalue weighted by atomic mass is 16.5. The molecule has 0 aromatic heterocycles. The SMILES string of the molecule is COC(=O)C1=C(C)N(C(C)C)C(=O)/C1=C\c1cccc(OC)c1OC. The van der Waals surface area contributed by atoms with E-state index >= 15 is 0 Å². The van der Waals surface area contributed by atoms with Gasteiger partial charge in [-0.3, -0.25) is 4.79 Å². The maximum atomic E-state index is 12.9. The van der Waals surface area contributed by atoms with Crippen LogP contribution in [0.15, 0.2) is 35.0 Å². The van der Waals surface area contributed by atoms with E-state index in [1.807, 2.05) is 13.8 Å². The number of esters is 1. The van der Waals surface area contributed by atoms with E-state index in [0.29, 0.717) is 22.8 Å². The Kier molecular flexibility index (Phi) is 5.51. The smallest absolute Gasteiger partial charge is 0.340 e. The van der Waals surface area contributed by atoms with Gasteiger partial charge in [-0.05, 0) is 32.9 Å². The first-order valence-corrected chi connectivity index (χ1v) is 7.93. The lowest BCUT2D eigenvalue weighted by molar-refractivity contribution is -0.136. The molecule has 0 aliphatic carbocycles. The second-order valence-electron chi connectivity index (χ2n) is 5.86. The highest BCUT2D eigenvalue weighted by molar-refractivity contribution is 6.16. The molecule has 1 heterocycles. The number of benzene rings is 1. The maximum Gasteiger partial charge on any atom is 0.340 e. The molecule has 0 spiro atoms. The molecule has 6 nitrogen and oxygen atoms in total. The van der Waals surface area contributed by atoms with E-state index in [1.54, 1.807) is 43.2 Å². The number of nitrogens with zero attached hydrogens (tertiary/aromatic N) is 1. The van der Waals surface area contributed by atoms with E-state index < -0.39 is 5.97 Å². The average molecular weight is 345 g/mol. The molecular formula is C19H23NO5. The van der Waals surface area contributed by atoms with Gasteiger partial charge in [0.05, 0.1) is 32.5 Å². The number of hydrogen-bond acceptors (Lipinski definition) is 5. The van der Waals surface area contributed by atoms with Crippen molar-refractivity contribution in [1.82, 2.24) is 4.90 Å². The Morgan fingerprint density at radius 1 is 1.16 bits per heavy atom. The molecule has 1 aliphatic rings. The molecular weight excluding hydrogens is 322 g/mol. The minimum Gasteiger partial charge on any atom is -0.493 e. The van der Waals surface area contributed by atoms with Crippen LogP contribution >= 0.6 is 0 Å². The molecule has 0 atom stereocenters.